The van der Waals surface area contributed by atoms with Crippen LogP contribution in [0.2, 0.25) is 0 Å². The Labute approximate surface area is 125 Å². The van der Waals surface area contributed by atoms with Crippen molar-refractivity contribution < 1.29 is 14.3 Å². The Morgan fingerprint density at radius 1 is 1.14 bits per heavy atom. The van der Waals surface area contributed by atoms with Gasteiger partial charge in [0.05, 0.1) is 13.2 Å². The van der Waals surface area contributed by atoms with Gasteiger partial charge in [0, 0.05) is 26.1 Å². The van der Waals surface area contributed by atoms with Crippen LogP contribution in [0.5, 0.6) is 0 Å². The lowest BCUT2D eigenvalue weighted by atomic mass is 10.0. The largest absolute Gasteiger partial charge is 0.378 e. The van der Waals surface area contributed by atoms with Gasteiger partial charge in [-0.15, -0.1) is 0 Å². The average molecular weight is 295 g/mol. The first kappa shape index (κ1) is 14.8. The monoisotopic (exact) mass is 295 g/mol. The molecule has 0 radical (unpaired) electrons. The van der Waals surface area contributed by atoms with Gasteiger partial charge in [0.15, 0.2) is 0 Å². The van der Waals surface area contributed by atoms with E-state index < -0.39 is 0 Å². The van der Waals surface area contributed by atoms with Gasteiger partial charge in [0.1, 0.15) is 6.04 Å². The van der Waals surface area contributed by atoms with Crippen LogP contribution in [0.15, 0.2) is 0 Å². The fourth-order valence-electron chi connectivity index (χ4n) is 3.57. The predicted octanol–water partition coefficient (Wildman–Crippen LogP) is -0.164. The molecule has 2 unspecified atom stereocenters. The van der Waals surface area contributed by atoms with Crippen LogP contribution in [-0.2, 0) is 14.3 Å². The van der Waals surface area contributed by atoms with Crippen LogP contribution in [0.25, 0.3) is 0 Å². The molecule has 1 N–H and O–H groups in total. The van der Waals surface area contributed by atoms with Crippen LogP contribution < -0.4 is 5.32 Å². The van der Waals surface area contributed by atoms with Crippen molar-refractivity contribution in [1.29, 1.82) is 0 Å². The van der Waals surface area contributed by atoms with Crippen molar-refractivity contribution in [2.24, 2.45) is 5.92 Å². The van der Waals surface area contributed by atoms with Gasteiger partial charge in [-0.1, -0.05) is 0 Å². The lowest BCUT2D eigenvalue weighted by molar-refractivity contribution is -0.146. The summed E-state index contributed by atoms with van der Waals surface area (Å²) in [5.41, 5.74) is 0. The summed E-state index contributed by atoms with van der Waals surface area (Å²) in [6.45, 7) is 5.21. The molecule has 3 heterocycles. The molecule has 3 rings (SSSR count). The minimum Gasteiger partial charge on any atom is -0.378 e. The lowest BCUT2D eigenvalue weighted by Crippen LogP contribution is -2.51. The molecular weight excluding hydrogens is 270 g/mol. The number of carbonyl (C=O) groups is 2. The molecule has 0 aliphatic carbocycles. The van der Waals surface area contributed by atoms with Crippen molar-refractivity contribution in [1.82, 2.24) is 15.1 Å². The smallest absolute Gasteiger partial charge is 0.245 e. The second-order valence-electron chi connectivity index (χ2n) is 6.25. The highest BCUT2D eigenvalue weighted by atomic mass is 16.5. The average Bonchev–Trinajstić information content (AvgIpc) is 3.18. The van der Waals surface area contributed by atoms with Crippen molar-refractivity contribution in [3.05, 3.63) is 0 Å². The molecule has 2 amide bonds. The quantitative estimate of drug-likeness (QED) is 0.786. The van der Waals surface area contributed by atoms with Gasteiger partial charge in [-0.2, -0.15) is 0 Å². The van der Waals surface area contributed by atoms with E-state index in [2.05, 4.69) is 5.32 Å². The Morgan fingerprint density at radius 3 is 2.67 bits per heavy atom. The van der Waals surface area contributed by atoms with Gasteiger partial charge in [-0.3, -0.25) is 9.59 Å². The van der Waals surface area contributed by atoms with Crippen LogP contribution in [0.1, 0.15) is 25.7 Å². The summed E-state index contributed by atoms with van der Waals surface area (Å²) in [7, 11) is 0. The minimum atomic E-state index is -0.232. The first-order valence-electron chi connectivity index (χ1n) is 8.12. The van der Waals surface area contributed by atoms with E-state index >= 15 is 0 Å². The van der Waals surface area contributed by atoms with Gasteiger partial charge in [-0.05, 0) is 38.3 Å². The zero-order valence-corrected chi connectivity index (χ0v) is 12.6. The van der Waals surface area contributed by atoms with E-state index in [1.807, 2.05) is 9.80 Å². The third-order valence-corrected chi connectivity index (χ3v) is 4.81. The maximum atomic E-state index is 12.6. The van der Waals surface area contributed by atoms with Crippen LogP contribution >= 0.6 is 0 Å². The van der Waals surface area contributed by atoms with E-state index in [0.717, 1.165) is 38.9 Å². The zero-order chi connectivity index (χ0) is 14.7. The molecule has 6 nitrogen and oxygen atoms in total. The normalized spacial score (nSPS) is 29.9. The number of rotatable bonds is 3. The van der Waals surface area contributed by atoms with Gasteiger partial charge in [0.25, 0.3) is 0 Å². The summed E-state index contributed by atoms with van der Waals surface area (Å²) in [6.07, 6.45) is 3.40. The SMILES string of the molecule is O=C(C1CCCN1C(=O)CC1CCNC1)N1CCOCC1. The molecule has 0 bridgehead atoms. The number of morpholine rings is 1. The van der Waals surface area contributed by atoms with Gasteiger partial charge >= 0.3 is 0 Å². The molecular formula is C15H25N3O3. The van der Waals surface area contributed by atoms with Gasteiger partial charge < -0.3 is 19.9 Å². The summed E-state index contributed by atoms with van der Waals surface area (Å²) >= 11 is 0. The molecule has 3 aliphatic rings. The number of amides is 2. The third-order valence-electron chi connectivity index (χ3n) is 4.81. The summed E-state index contributed by atoms with van der Waals surface area (Å²) in [6, 6.07) is -0.232. The molecule has 0 aromatic heterocycles. The van der Waals surface area contributed by atoms with Gasteiger partial charge in [0.2, 0.25) is 11.8 Å². The van der Waals surface area contributed by atoms with Crippen molar-refractivity contribution in [2.45, 2.75) is 31.7 Å². The van der Waals surface area contributed by atoms with Crippen molar-refractivity contribution in [3.8, 4) is 0 Å². The second-order valence-corrected chi connectivity index (χ2v) is 6.25. The highest BCUT2D eigenvalue weighted by Crippen LogP contribution is 2.23. The number of nitrogens with one attached hydrogen (secondary N) is 1. The topological polar surface area (TPSA) is 61.9 Å². The Kier molecular flexibility index (Phi) is 4.75. The predicted molar refractivity (Wildman–Crippen MR) is 77.7 cm³/mol. The summed E-state index contributed by atoms with van der Waals surface area (Å²) in [5, 5.41) is 3.29. The number of carbonyl (C=O) groups excluding carboxylic acids is 2. The van der Waals surface area contributed by atoms with E-state index in [4.69, 9.17) is 4.74 Å². The molecule has 3 aliphatic heterocycles. The number of hydrogen-bond acceptors (Lipinski definition) is 4. The van der Waals surface area contributed by atoms with E-state index in [-0.39, 0.29) is 17.9 Å². The molecule has 6 heteroatoms. The Balaban J connectivity index is 1.58. The molecule has 3 fully saturated rings. The summed E-state index contributed by atoms with van der Waals surface area (Å²) < 4.78 is 5.29. The lowest BCUT2D eigenvalue weighted by Gasteiger charge is -2.32. The molecule has 0 aromatic carbocycles. The molecule has 21 heavy (non-hydrogen) atoms. The van der Waals surface area contributed by atoms with Crippen LogP contribution in [0.4, 0.5) is 0 Å². The van der Waals surface area contributed by atoms with Crippen molar-refractivity contribution in [2.75, 3.05) is 45.9 Å². The van der Waals surface area contributed by atoms with E-state index in [1.165, 1.54) is 0 Å². The minimum absolute atomic E-state index is 0.119. The number of likely N-dealkylation sites (tertiary alicyclic amines) is 1. The van der Waals surface area contributed by atoms with E-state index in [1.54, 1.807) is 0 Å². The van der Waals surface area contributed by atoms with Crippen LogP contribution in [0.3, 0.4) is 0 Å². The molecule has 0 spiro atoms. The maximum Gasteiger partial charge on any atom is 0.245 e. The molecule has 3 saturated heterocycles. The number of ether oxygens (including phenoxy) is 1. The second kappa shape index (κ2) is 6.75. The molecule has 0 aromatic rings. The van der Waals surface area contributed by atoms with E-state index in [9.17, 15) is 9.59 Å². The maximum absolute atomic E-state index is 12.6. The van der Waals surface area contributed by atoms with Crippen molar-refractivity contribution in [3.63, 3.8) is 0 Å². The summed E-state index contributed by atoms with van der Waals surface area (Å²) in [5.74, 6) is 0.721. The Hall–Kier alpha value is -1.14. The molecule has 2 atom stereocenters. The Bertz CT molecular complexity index is 390. The summed E-state index contributed by atoms with van der Waals surface area (Å²) in [4.78, 5) is 28.8. The number of nitrogens with zero attached hydrogens (tertiary/aromatic N) is 2. The third kappa shape index (κ3) is 3.37. The fourth-order valence-corrected chi connectivity index (χ4v) is 3.57. The standard InChI is InChI=1S/C15H25N3O3/c19-14(10-12-3-4-16-11-12)18-5-1-2-13(18)15(20)17-6-8-21-9-7-17/h12-13,16H,1-11H2. The number of hydrogen-bond donors (Lipinski definition) is 1. The molecule has 118 valence electrons. The van der Waals surface area contributed by atoms with Crippen LogP contribution in [-0.4, -0.2) is 73.6 Å². The Morgan fingerprint density at radius 2 is 1.95 bits per heavy atom. The van der Waals surface area contributed by atoms with Gasteiger partial charge in [-0.25, -0.2) is 0 Å². The fraction of sp³-hybridized carbons (Fsp3) is 0.867. The van der Waals surface area contributed by atoms with E-state index in [0.29, 0.717) is 38.6 Å². The van der Waals surface area contributed by atoms with Crippen LogP contribution in [0, 0.1) is 5.92 Å². The highest BCUT2D eigenvalue weighted by molar-refractivity contribution is 5.88. The first-order chi connectivity index (χ1) is 10.3. The zero-order valence-electron chi connectivity index (χ0n) is 12.6. The van der Waals surface area contributed by atoms with Crippen molar-refractivity contribution >= 4 is 11.8 Å². The molecule has 0 saturated carbocycles. The highest BCUT2D eigenvalue weighted by Gasteiger charge is 2.37. The first-order valence-corrected chi connectivity index (χ1v) is 8.12.